The van der Waals surface area contributed by atoms with Gasteiger partial charge in [0.05, 0.1) is 25.3 Å². The number of para-hydroxylation sites is 1. The van der Waals surface area contributed by atoms with E-state index in [2.05, 4.69) is 5.32 Å². The van der Waals surface area contributed by atoms with Gasteiger partial charge in [0.15, 0.2) is 11.5 Å². The van der Waals surface area contributed by atoms with Crippen LogP contribution < -0.4 is 14.8 Å². The number of hydrogen-bond acceptors (Lipinski definition) is 4. The number of hydrogen-bond donors (Lipinski definition) is 1. The highest BCUT2D eigenvalue weighted by Crippen LogP contribution is 2.35. The largest absolute Gasteiger partial charge is 0.490 e. The highest BCUT2D eigenvalue weighted by Gasteiger charge is 2.13. The van der Waals surface area contributed by atoms with Crippen molar-refractivity contribution in [2.45, 2.75) is 27.2 Å². The maximum absolute atomic E-state index is 11.6. The number of nitrogens with one attached hydrogen (secondary N) is 1. The average Bonchev–Trinajstić information content (AvgIpc) is 2.32. The maximum atomic E-state index is 11.6. The first-order valence-electron chi connectivity index (χ1n) is 6.26. The van der Waals surface area contributed by atoms with Gasteiger partial charge in [-0.15, -0.1) is 0 Å². The number of carbonyl (C=O) groups excluding carboxylic acids is 2. The molecule has 0 atom stereocenters. The Morgan fingerprint density at radius 1 is 1.16 bits per heavy atom. The molecule has 0 heterocycles. The molecule has 5 nitrogen and oxygen atoms in total. The zero-order valence-corrected chi connectivity index (χ0v) is 11.5. The van der Waals surface area contributed by atoms with Gasteiger partial charge in [0.2, 0.25) is 5.91 Å². The second-order valence-corrected chi connectivity index (χ2v) is 3.93. The summed E-state index contributed by atoms with van der Waals surface area (Å²) in [6.45, 7) is 6.06. The lowest BCUT2D eigenvalue weighted by atomic mass is 10.2. The fourth-order valence-corrected chi connectivity index (χ4v) is 1.60. The molecule has 0 bridgehead atoms. The molecule has 0 fully saturated rings. The van der Waals surface area contributed by atoms with Crippen molar-refractivity contribution in [1.82, 2.24) is 0 Å². The molecule has 1 rings (SSSR count). The SMILES string of the molecule is CCOc1cccc(NC(=O)CC(C)=O)c1OCC. The van der Waals surface area contributed by atoms with Crippen molar-refractivity contribution in [3.05, 3.63) is 18.2 Å². The summed E-state index contributed by atoms with van der Waals surface area (Å²) in [6.07, 6.45) is -0.148. The number of ether oxygens (including phenoxy) is 2. The lowest BCUT2D eigenvalue weighted by Crippen LogP contribution is -2.15. The van der Waals surface area contributed by atoms with Crippen molar-refractivity contribution < 1.29 is 19.1 Å². The average molecular weight is 265 g/mol. The number of benzene rings is 1. The predicted octanol–water partition coefficient (Wildman–Crippen LogP) is 2.40. The van der Waals surface area contributed by atoms with Crippen molar-refractivity contribution >= 4 is 17.4 Å². The fourth-order valence-electron chi connectivity index (χ4n) is 1.60. The van der Waals surface area contributed by atoms with E-state index in [4.69, 9.17) is 9.47 Å². The minimum absolute atomic E-state index is 0.148. The third-order valence-corrected chi connectivity index (χ3v) is 2.25. The molecule has 1 aromatic rings. The van der Waals surface area contributed by atoms with Gasteiger partial charge in [-0.05, 0) is 32.9 Å². The van der Waals surface area contributed by atoms with Gasteiger partial charge in [0.25, 0.3) is 0 Å². The van der Waals surface area contributed by atoms with Crippen molar-refractivity contribution in [2.75, 3.05) is 18.5 Å². The standard InChI is InChI=1S/C14H19NO4/c1-4-18-12-8-6-7-11(14(12)19-5-2)15-13(17)9-10(3)16/h6-8H,4-5,9H2,1-3H3,(H,15,17). The van der Waals surface area contributed by atoms with E-state index in [0.29, 0.717) is 30.4 Å². The number of carbonyl (C=O) groups is 2. The minimum Gasteiger partial charge on any atom is -0.490 e. The van der Waals surface area contributed by atoms with Gasteiger partial charge in [-0.2, -0.15) is 0 Å². The molecule has 0 aromatic heterocycles. The molecule has 0 aliphatic carbocycles. The summed E-state index contributed by atoms with van der Waals surface area (Å²) in [6, 6.07) is 5.25. The summed E-state index contributed by atoms with van der Waals surface area (Å²) in [5, 5.41) is 2.66. The summed E-state index contributed by atoms with van der Waals surface area (Å²) >= 11 is 0. The molecular weight excluding hydrogens is 246 g/mol. The molecule has 0 saturated heterocycles. The number of Topliss-reactive ketones (excluding diaryl/α,β-unsaturated/α-hetero) is 1. The van der Waals surface area contributed by atoms with Gasteiger partial charge in [-0.1, -0.05) is 6.07 Å². The van der Waals surface area contributed by atoms with E-state index in [-0.39, 0.29) is 18.1 Å². The third-order valence-electron chi connectivity index (χ3n) is 2.25. The van der Waals surface area contributed by atoms with Gasteiger partial charge < -0.3 is 14.8 Å². The highest BCUT2D eigenvalue weighted by molar-refractivity contribution is 6.04. The Hall–Kier alpha value is -2.04. The van der Waals surface area contributed by atoms with Crippen LogP contribution >= 0.6 is 0 Å². The normalized spacial score (nSPS) is 9.84. The summed E-state index contributed by atoms with van der Waals surface area (Å²) in [7, 11) is 0. The Morgan fingerprint density at radius 3 is 2.42 bits per heavy atom. The molecule has 0 radical (unpaired) electrons. The molecule has 0 spiro atoms. The lowest BCUT2D eigenvalue weighted by Gasteiger charge is -2.15. The van der Waals surface area contributed by atoms with E-state index >= 15 is 0 Å². The third kappa shape index (κ3) is 4.62. The molecule has 5 heteroatoms. The number of rotatable bonds is 7. The van der Waals surface area contributed by atoms with Crippen LogP contribution in [0.4, 0.5) is 5.69 Å². The van der Waals surface area contributed by atoms with Crippen LogP contribution in [-0.4, -0.2) is 24.9 Å². The second-order valence-electron chi connectivity index (χ2n) is 3.93. The van der Waals surface area contributed by atoms with Crippen LogP contribution in [0.5, 0.6) is 11.5 Å². The molecule has 1 amide bonds. The number of ketones is 1. The zero-order valence-electron chi connectivity index (χ0n) is 11.5. The molecule has 0 aliphatic heterocycles. The van der Waals surface area contributed by atoms with E-state index < -0.39 is 0 Å². The second kappa shape index (κ2) is 7.41. The Labute approximate surface area is 112 Å². The summed E-state index contributed by atoms with van der Waals surface area (Å²) in [4.78, 5) is 22.5. The van der Waals surface area contributed by atoms with Gasteiger partial charge >= 0.3 is 0 Å². The molecule has 0 aliphatic rings. The van der Waals surface area contributed by atoms with Gasteiger partial charge in [0, 0.05) is 0 Å². The van der Waals surface area contributed by atoms with Crippen LogP contribution in [0, 0.1) is 0 Å². The van der Waals surface area contributed by atoms with E-state index in [1.165, 1.54) is 6.92 Å². The summed E-state index contributed by atoms with van der Waals surface area (Å²) < 4.78 is 11.0. The minimum atomic E-state index is -0.359. The topological polar surface area (TPSA) is 64.6 Å². The van der Waals surface area contributed by atoms with E-state index in [9.17, 15) is 9.59 Å². The Bertz CT molecular complexity index is 457. The Kier molecular flexibility index (Phi) is 5.85. The molecule has 1 N–H and O–H groups in total. The van der Waals surface area contributed by atoms with Crippen molar-refractivity contribution in [2.24, 2.45) is 0 Å². The Morgan fingerprint density at radius 2 is 1.84 bits per heavy atom. The monoisotopic (exact) mass is 265 g/mol. The van der Waals surface area contributed by atoms with Crippen LogP contribution in [0.2, 0.25) is 0 Å². The quantitative estimate of drug-likeness (QED) is 0.769. The first-order chi connectivity index (χ1) is 9.08. The molecule has 19 heavy (non-hydrogen) atoms. The van der Waals surface area contributed by atoms with Crippen LogP contribution in [0.25, 0.3) is 0 Å². The number of anilines is 1. The fraction of sp³-hybridized carbons (Fsp3) is 0.429. The predicted molar refractivity (Wildman–Crippen MR) is 72.7 cm³/mol. The molecule has 0 saturated carbocycles. The highest BCUT2D eigenvalue weighted by atomic mass is 16.5. The van der Waals surface area contributed by atoms with Crippen molar-refractivity contribution in [3.8, 4) is 11.5 Å². The lowest BCUT2D eigenvalue weighted by molar-refractivity contribution is -0.124. The first kappa shape index (κ1) is 15.0. The smallest absolute Gasteiger partial charge is 0.231 e. The van der Waals surface area contributed by atoms with Gasteiger partial charge in [-0.25, -0.2) is 0 Å². The molecule has 0 unspecified atom stereocenters. The number of amides is 1. The van der Waals surface area contributed by atoms with Gasteiger partial charge in [-0.3, -0.25) is 9.59 Å². The first-order valence-corrected chi connectivity index (χ1v) is 6.26. The van der Waals surface area contributed by atoms with Crippen LogP contribution in [0.1, 0.15) is 27.2 Å². The van der Waals surface area contributed by atoms with Crippen molar-refractivity contribution in [1.29, 1.82) is 0 Å². The van der Waals surface area contributed by atoms with E-state index in [0.717, 1.165) is 0 Å². The van der Waals surface area contributed by atoms with E-state index in [1.54, 1.807) is 18.2 Å². The molecular formula is C14H19NO4. The van der Waals surface area contributed by atoms with Crippen molar-refractivity contribution in [3.63, 3.8) is 0 Å². The maximum Gasteiger partial charge on any atom is 0.231 e. The zero-order chi connectivity index (χ0) is 14.3. The van der Waals surface area contributed by atoms with Crippen LogP contribution in [0.15, 0.2) is 18.2 Å². The summed E-state index contributed by atoms with van der Waals surface area (Å²) in [5.74, 6) is 0.521. The summed E-state index contributed by atoms with van der Waals surface area (Å²) in [5.41, 5.74) is 0.513. The molecule has 104 valence electrons. The Balaban J connectivity index is 2.95. The van der Waals surface area contributed by atoms with E-state index in [1.807, 2.05) is 13.8 Å². The molecule has 1 aromatic carbocycles. The van der Waals surface area contributed by atoms with Gasteiger partial charge in [0.1, 0.15) is 5.78 Å². The van der Waals surface area contributed by atoms with Crippen LogP contribution in [0.3, 0.4) is 0 Å². The van der Waals surface area contributed by atoms with Crippen LogP contribution in [-0.2, 0) is 9.59 Å².